The average Bonchev–Trinajstić information content (AvgIpc) is 3.44. The highest BCUT2D eigenvalue weighted by Crippen LogP contribution is 2.54. The van der Waals surface area contributed by atoms with E-state index in [2.05, 4.69) is 46.7 Å². The van der Waals surface area contributed by atoms with Crippen LogP contribution in [0.5, 0.6) is 0 Å². The summed E-state index contributed by atoms with van der Waals surface area (Å²) in [5, 5.41) is 15.8. The van der Waals surface area contributed by atoms with Gasteiger partial charge in [-0.25, -0.2) is 0 Å². The zero-order chi connectivity index (χ0) is 24.2. The number of amides is 2. The van der Waals surface area contributed by atoms with Gasteiger partial charge in [-0.3, -0.25) is 14.4 Å². The van der Waals surface area contributed by atoms with Crippen molar-refractivity contribution in [2.24, 2.45) is 11.8 Å². The Labute approximate surface area is 207 Å². The first-order valence-corrected chi connectivity index (χ1v) is 13.6. The Hall–Kier alpha value is -2.28. The number of rotatable bonds is 15. The predicted molar refractivity (Wildman–Crippen MR) is 137 cm³/mol. The van der Waals surface area contributed by atoms with Crippen LogP contribution in [0, 0.1) is 11.8 Å². The molecule has 1 aromatic rings. The zero-order valence-corrected chi connectivity index (χ0v) is 20.7. The minimum absolute atomic E-state index is 0.0413. The van der Waals surface area contributed by atoms with Crippen molar-refractivity contribution in [1.29, 1.82) is 0 Å². The smallest absolute Gasteiger partial charge is 0.303 e. The number of allylic oxidation sites excluding steroid dienone is 2. The Morgan fingerprint density at radius 1 is 0.912 bits per heavy atom. The van der Waals surface area contributed by atoms with Crippen LogP contribution in [0.3, 0.4) is 0 Å². The molecule has 2 aliphatic heterocycles. The number of fused-ring (bicyclic) bond motifs is 2. The second kappa shape index (κ2) is 14.2. The van der Waals surface area contributed by atoms with Crippen molar-refractivity contribution in [3.05, 3.63) is 48.0 Å². The number of hydrogen-bond acceptors (Lipinski definition) is 4. The molecule has 34 heavy (non-hydrogen) atoms. The van der Waals surface area contributed by atoms with Crippen LogP contribution < -0.4 is 10.6 Å². The Kier molecular flexibility index (Phi) is 11.0. The molecule has 6 nitrogen and oxygen atoms in total. The minimum atomic E-state index is -0.743. The second-order valence-corrected chi connectivity index (χ2v) is 10.9. The van der Waals surface area contributed by atoms with Crippen LogP contribution in [-0.4, -0.2) is 46.5 Å². The molecule has 2 fully saturated rings. The molecule has 2 aliphatic rings. The summed E-state index contributed by atoms with van der Waals surface area (Å²) >= 11 is 2.07. The highest BCUT2D eigenvalue weighted by Gasteiger charge is 2.47. The number of carbonyl (C=O) groups is 3. The van der Waals surface area contributed by atoms with Gasteiger partial charge in [0.15, 0.2) is 0 Å². The molecule has 2 saturated heterocycles. The van der Waals surface area contributed by atoms with Crippen molar-refractivity contribution in [2.75, 3.05) is 13.1 Å². The van der Waals surface area contributed by atoms with Crippen LogP contribution in [0.1, 0.15) is 63.4 Å². The van der Waals surface area contributed by atoms with Crippen molar-refractivity contribution in [2.45, 2.75) is 74.7 Å². The molecule has 0 spiro atoms. The summed E-state index contributed by atoms with van der Waals surface area (Å²) in [6, 6.07) is 10.3. The van der Waals surface area contributed by atoms with Gasteiger partial charge < -0.3 is 15.7 Å². The van der Waals surface area contributed by atoms with E-state index in [1.54, 1.807) is 0 Å². The molecule has 1 aromatic carbocycles. The molecule has 0 unspecified atom stereocenters. The van der Waals surface area contributed by atoms with Gasteiger partial charge in [-0.2, -0.15) is 11.8 Å². The lowest BCUT2D eigenvalue weighted by Crippen LogP contribution is -2.42. The van der Waals surface area contributed by atoms with Crippen molar-refractivity contribution >= 4 is 29.5 Å². The van der Waals surface area contributed by atoms with E-state index in [0.717, 1.165) is 32.1 Å². The van der Waals surface area contributed by atoms with Gasteiger partial charge in [0.2, 0.25) is 11.8 Å². The molecule has 3 rings (SSSR count). The molecule has 186 valence electrons. The summed E-state index contributed by atoms with van der Waals surface area (Å²) in [5.41, 5.74) is 1.29. The summed E-state index contributed by atoms with van der Waals surface area (Å²) in [7, 11) is 0. The van der Waals surface area contributed by atoms with Gasteiger partial charge >= 0.3 is 5.97 Å². The molecule has 0 aromatic heterocycles. The minimum Gasteiger partial charge on any atom is -0.481 e. The fraction of sp³-hybridized carbons (Fsp3) is 0.593. The van der Waals surface area contributed by atoms with Crippen LogP contribution in [0.15, 0.2) is 42.5 Å². The monoisotopic (exact) mass is 486 g/mol. The van der Waals surface area contributed by atoms with Crippen LogP contribution in [0.2, 0.25) is 0 Å². The molecule has 0 radical (unpaired) electrons. The number of hydrogen-bond donors (Lipinski definition) is 3. The van der Waals surface area contributed by atoms with Gasteiger partial charge in [0.25, 0.3) is 0 Å². The molecular weight excluding hydrogens is 448 g/mol. The number of carboxylic acids is 1. The van der Waals surface area contributed by atoms with Gasteiger partial charge in [-0.15, -0.1) is 0 Å². The average molecular weight is 487 g/mol. The maximum absolute atomic E-state index is 12.3. The summed E-state index contributed by atoms with van der Waals surface area (Å²) in [6.07, 6.45) is 12.6. The van der Waals surface area contributed by atoms with E-state index in [-0.39, 0.29) is 24.8 Å². The third-order valence-corrected chi connectivity index (χ3v) is 8.74. The molecule has 3 N–H and O–H groups in total. The molecule has 2 bridgehead atoms. The topological polar surface area (TPSA) is 95.5 Å². The third kappa shape index (κ3) is 8.82. The maximum Gasteiger partial charge on any atom is 0.303 e. The second-order valence-electron chi connectivity index (χ2n) is 9.38. The number of unbranched alkanes of at least 4 members (excludes halogenated alkanes) is 2. The molecule has 7 heteroatoms. The van der Waals surface area contributed by atoms with Crippen LogP contribution in [0.25, 0.3) is 0 Å². The maximum atomic E-state index is 12.3. The van der Waals surface area contributed by atoms with Gasteiger partial charge in [-0.05, 0) is 68.8 Å². The van der Waals surface area contributed by atoms with E-state index in [1.165, 1.54) is 18.4 Å². The van der Waals surface area contributed by atoms with Crippen LogP contribution >= 0.6 is 11.8 Å². The fourth-order valence-electron chi connectivity index (χ4n) is 5.04. The molecule has 2 amide bonds. The van der Waals surface area contributed by atoms with Gasteiger partial charge in [0.05, 0.1) is 6.54 Å². The number of aryl methyl sites for hydroxylation is 1. The molecule has 2 heterocycles. The van der Waals surface area contributed by atoms with E-state index >= 15 is 0 Å². The summed E-state index contributed by atoms with van der Waals surface area (Å²) < 4.78 is 0. The lowest BCUT2D eigenvalue weighted by Gasteiger charge is -2.29. The predicted octanol–water partition coefficient (Wildman–Crippen LogP) is 4.34. The summed E-state index contributed by atoms with van der Waals surface area (Å²) in [4.78, 5) is 35.0. The Morgan fingerprint density at radius 3 is 2.44 bits per heavy atom. The number of nitrogens with one attached hydrogen (secondary N) is 2. The van der Waals surface area contributed by atoms with Crippen LogP contribution in [0.4, 0.5) is 0 Å². The number of carboxylic acid groups (broad SMARTS) is 1. The van der Waals surface area contributed by atoms with Gasteiger partial charge in [-0.1, -0.05) is 42.5 Å². The lowest BCUT2D eigenvalue weighted by atomic mass is 9.77. The first-order valence-electron chi connectivity index (χ1n) is 12.6. The standard InChI is InChI=1S/C27H38N2O4S/c30-25(14-9-8-12-20-10-4-3-5-11-20)29-19-26(31)28-18-22-21(23-16-17-24(22)34-23)13-6-1-2-7-15-27(32)33/h1,3-6,10-11,21-24H,2,7-9,12-19H2,(H,28,31)(H,29,30)(H,32,33)/t21-,22+,23-,24+/m0/s1. The quantitative estimate of drug-likeness (QED) is 0.253. The first kappa shape index (κ1) is 26.3. The summed E-state index contributed by atoms with van der Waals surface area (Å²) in [5.74, 6) is 0.0926. The van der Waals surface area contributed by atoms with Crippen LogP contribution in [-0.2, 0) is 20.8 Å². The number of benzene rings is 1. The Morgan fingerprint density at radius 2 is 1.68 bits per heavy atom. The highest BCUT2D eigenvalue weighted by atomic mass is 32.2. The zero-order valence-electron chi connectivity index (χ0n) is 19.9. The molecular formula is C27H38N2O4S. The van der Waals surface area contributed by atoms with E-state index in [1.807, 2.05) is 18.2 Å². The van der Waals surface area contributed by atoms with Crippen molar-refractivity contribution < 1.29 is 19.5 Å². The normalized spacial score (nSPS) is 23.3. The van der Waals surface area contributed by atoms with Crippen molar-refractivity contribution in [3.63, 3.8) is 0 Å². The fourth-order valence-corrected chi connectivity index (χ4v) is 7.05. The van der Waals surface area contributed by atoms with Crippen molar-refractivity contribution in [3.8, 4) is 0 Å². The summed E-state index contributed by atoms with van der Waals surface area (Å²) in [6.45, 7) is 0.705. The number of aliphatic carboxylic acids is 1. The van der Waals surface area contributed by atoms with Gasteiger partial charge in [0.1, 0.15) is 0 Å². The van der Waals surface area contributed by atoms with Gasteiger partial charge in [0, 0.05) is 29.9 Å². The molecule has 4 atom stereocenters. The first-order chi connectivity index (χ1) is 16.5. The van der Waals surface area contributed by atoms with E-state index in [0.29, 0.717) is 41.7 Å². The SMILES string of the molecule is O=C(O)CCCC=CC[C@H]1[C@@H](CNC(=O)CNC(=O)CCCCc2ccccc2)[C@H]2CC[C@@H]1S2. The van der Waals surface area contributed by atoms with E-state index in [9.17, 15) is 14.4 Å². The molecule has 0 saturated carbocycles. The molecule has 0 aliphatic carbocycles. The Bertz CT molecular complexity index is 829. The number of thioether (sulfide) groups is 1. The van der Waals surface area contributed by atoms with E-state index < -0.39 is 5.97 Å². The lowest BCUT2D eigenvalue weighted by molar-refractivity contribution is -0.137. The van der Waals surface area contributed by atoms with E-state index in [4.69, 9.17) is 5.11 Å². The number of carbonyl (C=O) groups excluding carboxylic acids is 2. The van der Waals surface area contributed by atoms with Crippen molar-refractivity contribution in [1.82, 2.24) is 10.6 Å². The highest BCUT2D eigenvalue weighted by molar-refractivity contribution is 8.01. The largest absolute Gasteiger partial charge is 0.481 e. The third-order valence-electron chi connectivity index (χ3n) is 6.87. The Balaban J connectivity index is 1.29.